The number of nitriles is 1. The molecule has 3 aromatic rings. The Hall–Kier alpha value is -2.84. The maximum Gasteiger partial charge on any atom is 0.237 e. The molecule has 4 nitrogen and oxygen atoms in total. The molecule has 2 aromatic carbocycles. The molecule has 0 spiro atoms. The van der Waals surface area contributed by atoms with Crippen LogP contribution in [0.4, 0.5) is 5.69 Å². The normalized spacial score (nSPS) is 12.9. The predicted molar refractivity (Wildman–Crippen MR) is 109 cm³/mol. The smallest absolute Gasteiger partial charge is 0.237 e. The summed E-state index contributed by atoms with van der Waals surface area (Å²) in [7, 11) is 0. The van der Waals surface area contributed by atoms with Crippen molar-refractivity contribution in [3.63, 3.8) is 0 Å². The van der Waals surface area contributed by atoms with E-state index in [-0.39, 0.29) is 11.7 Å². The second-order valence-electron chi connectivity index (χ2n) is 6.76. The summed E-state index contributed by atoms with van der Waals surface area (Å²) in [4.78, 5) is 19.3. The number of hydrogen-bond acceptors (Lipinski definition) is 4. The van der Waals surface area contributed by atoms with Gasteiger partial charge in [-0.1, -0.05) is 42.1 Å². The van der Waals surface area contributed by atoms with Crippen LogP contribution in [0.1, 0.15) is 22.3 Å². The van der Waals surface area contributed by atoms with Gasteiger partial charge in [-0.05, 0) is 49.1 Å². The predicted octanol–water partition coefficient (Wildman–Crippen LogP) is 4.40. The highest BCUT2D eigenvalue weighted by Crippen LogP contribution is 2.31. The van der Waals surface area contributed by atoms with E-state index in [0.29, 0.717) is 17.1 Å². The van der Waals surface area contributed by atoms with Gasteiger partial charge in [0.05, 0.1) is 16.8 Å². The highest BCUT2D eigenvalue weighted by atomic mass is 32.2. The van der Waals surface area contributed by atoms with Gasteiger partial charge in [-0.3, -0.25) is 4.79 Å². The third-order valence-electron chi connectivity index (χ3n) is 5.01. The van der Waals surface area contributed by atoms with Crippen molar-refractivity contribution >= 4 is 34.3 Å². The van der Waals surface area contributed by atoms with Crippen molar-refractivity contribution in [2.45, 2.75) is 25.3 Å². The Labute approximate surface area is 162 Å². The Morgan fingerprint density at radius 2 is 2.00 bits per heavy atom. The molecular formula is C22H19N3OS. The maximum atomic E-state index is 12.8. The lowest BCUT2D eigenvalue weighted by molar-refractivity contribution is -0.116. The standard InChI is InChI=1S/C22H19N3OS/c1-14-7-8-15(2)21-18(14)11-17(12-23)22(24-21)27-13-20(26)25-10-9-16-5-3-4-6-19(16)25/h3-8,11H,9-10,13H2,1-2H3. The summed E-state index contributed by atoms with van der Waals surface area (Å²) in [5, 5.41) is 11.2. The monoisotopic (exact) mass is 373 g/mol. The van der Waals surface area contributed by atoms with Crippen LogP contribution >= 0.6 is 11.8 Å². The molecule has 0 N–H and O–H groups in total. The topological polar surface area (TPSA) is 57.0 Å². The van der Waals surface area contributed by atoms with Crippen LogP contribution in [0.2, 0.25) is 0 Å². The van der Waals surface area contributed by atoms with Crippen LogP contribution in [0.3, 0.4) is 0 Å². The highest BCUT2D eigenvalue weighted by molar-refractivity contribution is 8.00. The number of pyridine rings is 1. The molecule has 0 saturated carbocycles. The zero-order valence-electron chi connectivity index (χ0n) is 15.3. The zero-order chi connectivity index (χ0) is 19.0. The maximum absolute atomic E-state index is 12.8. The largest absolute Gasteiger partial charge is 0.311 e. The number of carbonyl (C=O) groups excluding carboxylic acids is 1. The Kier molecular flexibility index (Phi) is 4.59. The molecule has 27 heavy (non-hydrogen) atoms. The second-order valence-corrected chi connectivity index (χ2v) is 7.73. The Morgan fingerprint density at radius 3 is 2.81 bits per heavy atom. The minimum Gasteiger partial charge on any atom is -0.311 e. The van der Waals surface area contributed by atoms with Crippen molar-refractivity contribution < 1.29 is 4.79 Å². The molecular weight excluding hydrogens is 354 g/mol. The van der Waals surface area contributed by atoms with Gasteiger partial charge in [0.2, 0.25) is 5.91 Å². The number of aromatic nitrogens is 1. The lowest BCUT2D eigenvalue weighted by Crippen LogP contribution is -2.30. The molecule has 0 bridgehead atoms. The van der Waals surface area contributed by atoms with Crippen LogP contribution in [0, 0.1) is 25.2 Å². The lowest BCUT2D eigenvalue weighted by atomic mass is 10.0. The molecule has 1 aromatic heterocycles. The zero-order valence-corrected chi connectivity index (χ0v) is 16.1. The summed E-state index contributed by atoms with van der Waals surface area (Å²) in [5.41, 5.74) is 5.80. The molecule has 0 saturated heterocycles. The van der Waals surface area contributed by atoms with Gasteiger partial charge in [0.15, 0.2) is 0 Å². The average Bonchev–Trinajstić information content (AvgIpc) is 3.12. The fourth-order valence-electron chi connectivity index (χ4n) is 3.51. The SMILES string of the molecule is Cc1ccc(C)c2nc(SCC(=O)N3CCc4ccccc43)c(C#N)cc12. The minimum absolute atomic E-state index is 0.0525. The number of thioether (sulfide) groups is 1. The molecule has 0 radical (unpaired) electrons. The third kappa shape index (κ3) is 3.17. The fourth-order valence-corrected chi connectivity index (χ4v) is 4.34. The number of amides is 1. The van der Waals surface area contributed by atoms with E-state index >= 15 is 0 Å². The average molecular weight is 373 g/mol. The number of nitrogens with zero attached hydrogens (tertiary/aromatic N) is 3. The van der Waals surface area contributed by atoms with E-state index in [1.165, 1.54) is 17.3 Å². The van der Waals surface area contributed by atoms with Crippen molar-refractivity contribution in [1.82, 2.24) is 4.98 Å². The molecule has 1 amide bonds. The van der Waals surface area contributed by atoms with E-state index in [2.05, 4.69) is 12.1 Å². The van der Waals surface area contributed by atoms with Crippen LogP contribution in [-0.4, -0.2) is 23.2 Å². The minimum atomic E-state index is 0.0525. The van der Waals surface area contributed by atoms with E-state index in [1.54, 1.807) is 0 Å². The quantitative estimate of drug-likeness (QED) is 0.638. The Bertz CT molecular complexity index is 1100. The number of anilines is 1. The van der Waals surface area contributed by atoms with Crippen LogP contribution in [0.15, 0.2) is 47.5 Å². The van der Waals surface area contributed by atoms with Crippen molar-refractivity contribution in [2.24, 2.45) is 0 Å². The highest BCUT2D eigenvalue weighted by Gasteiger charge is 2.24. The lowest BCUT2D eigenvalue weighted by Gasteiger charge is -2.17. The molecule has 5 heteroatoms. The second kappa shape index (κ2) is 7.05. The first-order valence-electron chi connectivity index (χ1n) is 8.90. The fraction of sp³-hybridized carbons (Fsp3) is 0.227. The van der Waals surface area contributed by atoms with Gasteiger partial charge < -0.3 is 4.90 Å². The number of benzene rings is 2. The van der Waals surface area contributed by atoms with Crippen LogP contribution in [0.5, 0.6) is 0 Å². The Morgan fingerprint density at radius 1 is 1.22 bits per heavy atom. The van der Waals surface area contributed by atoms with Crippen molar-refractivity contribution in [3.8, 4) is 6.07 Å². The third-order valence-corrected chi connectivity index (χ3v) is 5.99. The van der Waals surface area contributed by atoms with E-state index in [0.717, 1.165) is 34.1 Å². The first-order chi connectivity index (χ1) is 13.1. The van der Waals surface area contributed by atoms with Gasteiger partial charge in [-0.25, -0.2) is 4.98 Å². The number of carbonyl (C=O) groups is 1. The van der Waals surface area contributed by atoms with E-state index in [1.807, 2.05) is 55.1 Å². The van der Waals surface area contributed by atoms with E-state index < -0.39 is 0 Å². The molecule has 0 aliphatic carbocycles. The van der Waals surface area contributed by atoms with Crippen molar-refractivity contribution in [2.75, 3.05) is 17.2 Å². The van der Waals surface area contributed by atoms with Gasteiger partial charge in [0.1, 0.15) is 11.1 Å². The van der Waals surface area contributed by atoms with Crippen LogP contribution in [-0.2, 0) is 11.2 Å². The van der Waals surface area contributed by atoms with E-state index in [9.17, 15) is 10.1 Å². The Balaban J connectivity index is 1.60. The van der Waals surface area contributed by atoms with Crippen LogP contribution in [0.25, 0.3) is 10.9 Å². The van der Waals surface area contributed by atoms with Crippen molar-refractivity contribution in [3.05, 3.63) is 64.7 Å². The molecule has 0 atom stereocenters. The molecule has 2 heterocycles. The number of fused-ring (bicyclic) bond motifs is 2. The van der Waals surface area contributed by atoms with Gasteiger partial charge >= 0.3 is 0 Å². The van der Waals surface area contributed by atoms with E-state index in [4.69, 9.17) is 4.98 Å². The molecule has 134 valence electrons. The van der Waals surface area contributed by atoms with Gasteiger partial charge in [-0.15, -0.1) is 0 Å². The molecule has 0 unspecified atom stereocenters. The first-order valence-corrected chi connectivity index (χ1v) is 9.89. The number of rotatable bonds is 3. The molecule has 0 fully saturated rings. The molecule has 1 aliphatic heterocycles. The van der Waals surface area contributed by atoms with Crippen LogP contribution < -0.4 is 4.90 Å². The summed E-state index contributed by atoms with van der Waals surface area (Å²) in [6, 6.07) is 16.2. The van der Waals surface area contributed by atoms with Crippen molar-refractivity contribution in [1.29, 1.82) is 5.26 Å². The summed E-state index contributed by atoms with van der Waals surface area (Å²) >= 11 is 1.35. The van der Waals surface area contributed by atoms with Gasteiger partial charge in [0.25, 0.3) is 0 Å². The summed E-state index contributed by atoms with van der Waals surface area (Å²) in [6.07, 6.45) is 0.892. The first kappa shape index (κ1) is 17.6. The summed E-state index contributed by atoms with van der Waals surface area (Å²) in [5.74, 6) is 0.323. The van der Waals surface area contributed by atoms with Gasteiger partial charge in [0, 0.05) is 17.6 Å². The number of hydrogen-bond donors (Lipinski definition) is 0. The summed E-state index contributed by atoms with van der Waals surface area (Å²) in [6.45, 7) is 4.75. The molecule has 4 rings (SSSR count). The van der Waals surface area contributed by atoms with Gasteiger partial charge in [-0.2, -0.15) is 5.26 Å². The number of aryl methyl sites for hydroxylation is 2. The number of para-hydroxylation sites is 1. The molecule has 1 aliphatic rings. The summed E-state index contributed by atoms with van der Waals surface area (Å²) < 4.78 is 0.